The molecule has 0 atom stereocenters. The van der Waals surface area contributed by atoms with Crippen molar-refractivity contribution in [3.63, 3.8) is 0 Å². The third-order valence-corrected chi connectivity index (χ3v) is 7.11. The highest BCUT2D eigenvalue weighted by molar-refractivity contribution is 5.79. The van der Waals surface area contributed by atoms with Crippen LogP contribution in [0, 0.1) is 13.1 Å². The third kappa shape index (κ3) is 8.59. The molecule has 0 saturated carbocycles. The van der Waals surface area contributed by atoms with E-state index in [2.05, 4.69) is 29.9 Å². The van der Waals surface area contributed by atoms with Gasteiger partial charge in [0.15, 0.2) is 0 Å². The Bertz CT molecular complexity index is 1900. The molecule has 232 valence electrons. The molecule has 1 aliphatic rings. The number of aldehydes is 1. The monoisotopic (exact) mass is 610 g/mol. The van der Waals surface area contributed by atoms with Gasteiger partial charge >= 0.3 is 6.09 Å². The van der Waals surface area contributed by atoms with Gasteiger partial charge in [-0.15, -0.1) is 0 Å². The first kappa shape index (κ1) is 32.5. The predicted molar refractivity (Wildman–Crippen MR) is 169 cm³/mol. The number of piperidine rings is 1. The molecule has 0 aromatic carbocycles. The maximum atomic E-state index is 12.4. The number of ether oxygens (including phenoxy) is 1. The summed E-state index contributed by atoms with van der Waals surface area (Å²) in [4.78, 5) is 63.5. The third-order valence-electron chi connectivity index (χ3n) is 7.11. The SMILES string of the molecule is [C-]#[N+]c1cnc2ccc(=O)n(CC=O)c2c1.[C-]#[N+]c1cnc2ccc(=O)n(CCN3CCC(NC(=O)OC(C)(C)C)CC3)c2c1. The number of pyridine rings is 4. The molecule has 4 aromatic heterocycles. The van der Waals surface area contributed by atoms with E-state index in [9.17, 15) is 19.2 Å². The van der Waals surface area contributed by atoms with E-state index in [0.29, 0.717) is 46.3 Å². The number of hydrogen-bond donors (Lipinski definition) is 1. The molecular formula is C32H34N8O5. The van der Waals surface area contributed by atoms with Gasteiger partial charge in [0.2, 0.25) is 11.4 Å². The summed E-state index contributed by atoms with van der Waals surface area (Å²) >= 11 is 0. The Morgan fingerprint density at radius 1 is 0.933 bits per heavy atom. The minimum absolute atomic E-state index is 0.0285. The summed E-state index contributed by atoms with van der Waals surface area (Å²) in [6.45, 7) is 22.5. The summed E-state index contributed by atoms with van der Waals surface area (Å²) in [6.07, 6.45) is 4.91. The number of carbonyl (C=O) groups excluding carboxylic acids is 2. The van der Waals surface area contributed by atoms with Gasteiger partial charge in [0.1, 0.15) is 11.9 Å². The molecule has 5 heterocycles. The lowest BCUT2D eigenvalue weighted by atomic mass is 10.1. The van der Waals surface area contributed by atoms with Crippen molar-refractivity contribution in [3.8, 4) is 0 Å². The summed E-state index contributed by atoms with van der Waals surface area (Å²) in [5.74, 6) is 0. The number of nitrogens with zero attached hydrogens (tertiary/aromatic N) is 7. The van der Waals surface area contributed by atoms with Gasteiger partial charge in [0.05, 0.1) is 41.8 Å². The topological polar surface area (TPSA) is 137 Å². The van der Waals surface area contributed by atoms with Crippen LogP contribution in [0.4, 0.5) is 16.2 Å². The number of aromatic nitrogens is 4. The quantitative estimate of drug-likeness (QED) is 0.255. The fourth-order valence-corrected chi connectivity index (χ4v) is 4.95. The summed E-state index contributed by atoms with van der Waals surface area (Å²) in [7, 11) is 0. The van der Waals surface area contributed by atoms with Crippen molar-refractivity contribution in [2.45, 2.75) is 58.3 Å². The van der Waals surface area contributed by atoms with Gasteiger partial charge in [0, 0.05) is 56.7 Å². The first-order chi connectivity index (χ1) is 21.5. The molecule has 13 heteroatoms. The van der Waals surface area contributed by atoms with Crippen molar-refractivity contribution < 1.29 is 14.3 Å². The van der Waals surface area contributed by atoms with Gasteiger partial charge in [-0.25, -0.2) is 14.5 Å². The smallest absolute Gasteiger partial charge is 0.407 e. The summed E-state index contributed by atoms with van der Waals surface area (Å²) in [5, 5.41) is 2.94. The maximum absolute atomic E-state index is 12.4. The molecule has 0 bridgehead atoms. The van der Waals surface area contributed by atoms with Gasteiger partial charge in [-0.3, -0.25) is 19.6 Å². The van der Waals surface area contributed by atoms with Gasteiger partial charge in [0.25, 0.3) is 11.1 Å². The Morgan fingerprint density at radius 2 is 1.47 bits per heavy atom. The molecule has 1 aliphatic heterocycles. The number of hydrogen-bond acceptors (Lipinski definition) is 8. The summed E-state index contributed by atoms with van der Waals surface area (Å²) < 4.78 is 8.30. The largest absolute Gasteiger partial charge is 0.444 e. The van der Waals surface area contributed by atoms with Crippen LogP contribution in [0.15, 0.2) is 58.4 Å². The van der Waals surface area contributed by atoms with Crippen molar-refractivity contribution in [1.29, 1.82) is 0 Å². The minimum Gasteiger partial charge on any atom is -0.444 e. The summed E-state index contributed by atoms with van der Waals surface area (Å²) in [5.41, 5.74) is 2.39. The molecule has 5 rings (SSSR count). The lowest BCUT2D eigenvalue weighted by molar-refractivity contribution is -0.108. The Labute approximate surface area is 259 Å². The second-order valence-corrected chi connectivity index (χ2v) is 11.5. The molecule has 4 aromatic rings. The van der Waals surface area contributed by atoms with Gasteiger partial charge < -0.3 is 28.9 Å². The molecule has 13 nitrogen and oxygen atoms in total. The molecule has 0 spiro atoms. The number of likely N-dealkylation sites (tertiary alicyclic amines) is 1. The Hall–Kier alpha value is -5.40. The maximum Gasteiger partial charge on any atom is 0.407 e. The van der Waals surface area contributed by atoms with E-state index >= 15 is 0 Å². The molecule has 1 N–H and O–H groups in total. The lowest BCUT2D eigenvalue weighted by Crippen LogP contribution is -2.46. The molecule has 0 radical (unpaired) electrons. The van der Waals surface area contributed by atoms with Crippen LogP contribution in [0.5, 0.6) is 0 Å². The van der Waals surface area contributed by atoms with Crippen molar-refractivity contribution in [2.75, 3.05) is 19.6 Å². The van der Waals surface area contributed by atoms with Gasteiger partial charge in [-0.2, -0.15) is 0 Å². The summed E-state index contributed by atoms with van der Waals surface area (Å²) in [6, 6.07) is 9.52. The zero-order valence-corrected chi connectivity index (χ0v) is 25.4. The highest BCUT2D eigenvalue weighted by Crippen LogP contribution is 2.19. The van der Waals surface area contributed by atoms with Crippen LogP contribution in [0.25, 0.3) is 31.8 Å². The van der Waals surface area contributed by atoms with E-state index in [4.69, 9.17) is 17.9 Å². The zero-order valence-electron chi connectivity index (χ0n) is 25.4. The average molecular weight is 611 g/mol. The predicted octanol–water partition coefficient (Wildman–Crippen LogP) is 4.08. The van der Waals surface area contributed by atoms with Crippen molar-refractivity contribution in [3.05, 3.63) is 92.3 Å². The average Bonchev–Trinajstić information content (AvgIpc) is 3.01. The van der Waals surface area contributed by atoms with Crippen LogP contribution < -0.4 is 16.4 Å². The van der Waals surface area contributed by atoms with E-state index < -0.39 is 5.60 Å². The molecular weight excluding hydrogens is 576 g/mol. The Kier molecular flexibility index (Phi) is 10.4. The molecule has 0 unspecified atom stereocenters. The first-order valence-electron chi connectivity index (χ1n) is 14.4. The van der Waals surface area contributed by atoms with Crippen molar-refractivity contribution >= 4 is 45.8 Å². The highest BCUT2D eigenvalue weighted by atomic mass is 16.6. The number of nitrogens with one attached hydrogen (secondary N) is 1. The van der Waals surface area contributed by atoms with E-state index in [0.717, 1.165) is 32.5 Å². The Morgan fingerprint density at radius 3 is 1.98 bits per heavy atom. The minimum atomic E-state index is -0.502. The van der Waals surface area contributed by atoms with Gasteiger partial charge in [-0.05, 0) is 57.9 Å². The molecule has 0 aliphatic carbocycles. The van der Waals surface area contributed by atoms with E-state index in [1.54, 1.807) is 28.8 Å². The van der Waals surface area contributed by atoms with Crippen LogP contribution in [0.3, 0.4) is 0 Å². The second kappa shape index (κ2) is 14.4. The van der Waals surface area contributed by atoms with Gasteiger partial charge in [-0.1, -0.05) is 0 Å². The Balaban J connectivity index is 0.000000242. The van der Waals surface area contributed by atoms with Crippen LogP contribution in [0.2, 0.25) is 0 Å². The number of fused-ring (bicyclic) bond motifs is 2. The molecule has 1 amide bonds. The van der Waals surface area contributed by atoms with E-state index in [1.165, 1.54) is 29.1 Å². The van der Waals surface area contributed by atoms with E-state index in [-0.39, 0.29) is 29.8 Å². The second-order valence-electron chi connectivity index (χ2n) is 11.5. The molecule has 1 fully saturated rings. The number of amides is 1. The number of rotatable bonds is 6. The first-order valence-corrected chi connectivity index (χ1v) is 14.4. The molecule has 1 saturated heterocycles. The van der Waals surface area contributed by atoms with Crippen LogP contribution >= 0.6 is 0 Å². The van der Waals surface area contributed by atoms with Crippen molar-refractivity contribution in [2.24, 2.45) is 0 Å². The normalized spacial score (nSPS) is 13.7. The van der Waals surface area contributed by atoms with Crippen molar-refractivity contribution in [1.82, 2.24) is 29.3 Å². The van der Waals surface area contributed by atoms with Crippen LogP contribution in [-0.4, -0.2) is 67.7 Å². The number of alkyl carbamates (subject to hydrolysis) is 1. The highest BCUT2D eigenvalue weighted by Gasteiger charge is 2.23. The zero-order chi connectivity index (χ0) is 32.6. The standard InChI is InChI=1S/C21H27N5O3.C11H7N3O2/c1-21(2,3)29-20(28)24-15-7-9-25(10-8-15)11-12-26-18-13-16(22-4)14-23-17(18)5-6-19(26)27;1-12-8-6-10-9(13-7-8)2-3-11(16)14(10)4-5-15/h5-6,13-15H,7-12H2,1-3H3,(H,24,28);2-3,5-7H,4H2. The lowest BCUT2D eigenvalue weighted by Gasteiger charge is -2.33. The van der Waals surface area contributed by atoms with Crippen LogP contribution in [-0.2, 0) is 22.6 Å². The van der Waals surface area contributed by atoms with E-state index in [1.807, 2.05) is 20.8 Å². The molecule has 45 heavy (non-hydrogen) atoms. The van der Waals surface area contributed by atoms with Crippen LogP contribution in [0.1, 0.15) is 33.6 Å². The number of carbonyl (C=O) groups is 2. The fraction of sp³-hybridized carbons (Fsp3) is 0.375. The fourth-order valence-electron chi connectivity index (χ4n) is 4.95.